The van der Waals surface area contributed by atoms with Crippen molar-refractivity contribution in [2.45, 2.75) is 496 Å². The van der Waals surface area contributed by atoms with Gasteiger partial charge in [0.1, 0.15) is 19.3 Å². The van der Waals surface area contributed by atoms with Crippen LogP contribution in [0.4, 0.5) is 0 Å². The van der Waals surface area contributed by atoms with Crippen LogP contribution in [0.1, 0.15) is 478 Å². The van der Waals surface area contributed by atoms with Crippen LogP contribution in [0.3, 0.4) is 0 Å². The van der Waals surface area contributed by atoms with E-state index in [2.05, 4.69) is 41.5 Å². The van der Waals surface area contributed by atoms with Gasteiger partial charge < -0.3 is 33.8 Å². The minimum absolute atomic E-state index is 0.108. The molecule has 17 nitrogen and oxygen atoms in total. The zero-order chi connectivity index (χ0) is 79.2. The predicted octanol–water partition coefficient (Wildman–Crippen LogP) is 27.4. The molecule has 19 heteroatoms. The molecule has 3 N–H and O–H groups in total. The molecule has 0 radical (unpaired) electrons. The zero-order valence-corrected chi connectivity index (χ0v) is 73.0. The molecular weight excluding hydrogens is 1400 g/mol. The number of unbranched alkanes of at least 4 members (excludes halogenated alkanes) is 57. The monoisotopic (exact) mass is 1580 g/mol. The maximum absolute atomic E-state index is 13.2. The molecule has 642 valence electrons. The van der Waals surface area contributed by atoms with E-state index in [1.54, 1.807) is 0 Å². The first-order valence-corrected chi connectivity index (χ1v) is 49.0. The number of carbonyl (C=O) groups is 4. The third-order valence-electron chi connectivity index (χ3n) is 21.3. The van der Waals surface area contributed by atoms with E-state index in [4.69, 9.17) is 37.0 Å². The van der Waals surface area contributed by atoms with Crippen molar-refractivity contribution in [2.75, 3.05) is 39.6 Å². The molecule has 0 aromatic heterocycles. The molecule has 0 aliphatic rings. The number of phosphoric ester groups is 2. The highest BCUT2D eigenvalue weighted by atomic mass is 31.2. The second kappa shape index (κ2) is 80.3. The zero-order valence-electron chi connectivity index (χ0n) is 71.2. The number of phosphoric acid groups is 2. The summed E-state index contributed by atoms with van der Waals surface area (Å²) < 4.78 is 69.0. The first-order chi connectivity index (χ1) is 52.4. The van der Waals surface area contributed by atoms with Gasteiger partial charge >= 0.3 is 39.5 Å². The molecular formula is C89H174O17P2. The van der Waals surface area contributed by atoms with E-state index in [0.29, 0.717) is 25.7 Å². The summed E-state index contributed by atoms with van der Waals surface area (Å²) in [5.74, 6) is -0.557. The molecule has 0 aromatic carbocycles. The van der Waals surface area contributed by atoms with E-state index in [-0.39, 0.29) is 25.7 Å². The summed E-state index contributed by atoms with van der Waals surface area (Å²) in [5.41, 5.74) is 0. The van der Waals surface area contributed by atoms with Crippen molar-refractivity contribution < 1.29 is 80.2 Å². The predicted molar refractivity (Wildman–Crippen MR) is 446 cm³/mol. The summed E-state index contributed by atoms with van der Waals surface area (Å²) in [6, 6.07) is 0. The largest absolute Gasteiger partial charge is 0.472 e. The molecule has 0 bridgehead atoms. The van der Waals surface area contributed by atoms with Crippen LogP contribution in [0.5, 0.6) is 0 Å². The smallest absolute Gasteiger partial charge is 0.462 e. The second-order valence-electron chi connectivity index (χ2n) is 32.7. The third-order valence-corrected chi connectivity index (χ3v) is 23.2. The van der Waals surface area contributed by atoms with Crippen molar-refractivity contribution in [3.8, 4) is 0 Å². The van der Waals surface area contributed by atoms with Gasteiger partial charge in [0.2, 0.25) is 0 Å². The average molecular weight is 1580 g/mol. The highest BCUT2D eigenvalue weighted by molar-refractivity contribution is 7.47. The maximum Gasteiger partial charge on any atom is 0.472 e. The van der Waals surface area contributed by atoms with Gasteiger partial charge in [-0.05, 0) is 37.5 Å². The van der Waals surface area contributed by atoms with Crippen LogP contribution in [0, 0.1) is 11.8 Å². The van der Waals surface area contributed by atoms with Gasteiger partial charge in [0.15, 0.2) is 12.2 Å². The molecule has 0 saturated heterocycles. The fraction of sp³-hybridized carbons (Fsp3) is 0.955. The number of esters is 4. The molecule has 0 amide bonds. The Kier molecular flexibility index (Phi) is 78.8. The van der Waals surface area contributed by atoms with E-state index < -0.39 is 97.5 Å². The number of hydrogen-bond acceptors (Lipinski definition) is 15. The molecule has 0 saturated carbocycles. The summed E-state index contributed by atoms with van der Waals surface area (Å²) in [6.07, 6.45) is 73.8. The quantitative estimate of drug-likeness (QED) is 0.0222. The van der Waals surface area contributed by atoms with Crippen LogP contribution >= 0.6 is 15.6 Å². The average Bonchev–Trinajstić information content (AvgIpc) is 0.901. The Labute approximate surface area is 664 Å². The first kappa shape index (κ1) is 106. The molecule has 6 atom stereocenters. The molecule has 3 unspecified atom stereocenters. The first-order valence-electron chi connectivity index (χ1n) is 46.0. The highest BCUT2D eigenvalue weighted by Gasteiger charge is 2.31. The van der Waals surface area contributed by atoms with Gasteiger partial charge in [-0.1, -0.05) is 427 Å². The van der Waals surface area contributed by atoms with Crippen LogP contribution in [0.15, 0.2) is 0 Å². The lowest BCUT2D eigenvalue weighted by atomic mass is 10.00. The number of carbonyl (C=O) groups excluding carboxylic acids is 4. The summed E-state index contributed by atoms with van der Waals surface area (Å²) in [4.78, 5) is 73.3. The summed E-state index contributed by atoms with van der Waals surface area (Å²) in [6.45, 7) is 9.68. The van der Waals surface area contributed by atoms with Crippen molar-refractivity contribution in [3.05, 3.63) is 0 Å². The normalized spacial score (nSPS) is 14.0. The van der Waals surface area contributed by atoms with E-state index in [9.17, 15) is 43.2 Å². The van der Waals surface area contributed by atoms with Crippen LogP contribution in [-0.2, 0) is 65.4 Å². The Morgan fingerprint density at radius 1 is 0.269 bits per heavy atom. The highest BCUT2D eigenvalue weighted by Crippen LogP contribution is 2.45. The van der Waals surface area contributed by atoms with E-state index in [0.717, 1.165) is 108 Å². The minimum Gasteiger partial charge on any atom is -0.462 e. The van der Waals surface area contributed by atoms with Gasteiger partial charge in [0.25, 0.3) is 0 Å². The van der Waals surface area contributed by atoms with Gasteiger partial charge in [-0.25, -0.2) is 9.13 Å². The Bertz CT molecular complexity index is 2070. The molecule has 0 fully saturated rings. The molecule has 0 heterocycles. The minimum atomic E-state index is -4.97. The Morgan fingerprint density at radius 2 is 0.472 bits per heavy atom. The lowest BCUT2D eigenvalue weighted by Gasteiger charge is -2.21. The Balaban J connectivity index is 5.22. The third kappa shape index (κ3) is 80.7. The SMILES string of the molecule is CCCCCCCCCCCCCCCCCCCCCCCCC(=O)O[C@H](COC(=O)CCCCCCCCCCCCCCCCCCC(C)C)COP(=O)(O)OC[C@@H](O)COP(=O)(O)OC[C@@H](COC(=O)CCCCCCCCC(C)CC)OC(=O)CCCCCCCCCCCCCCCCCCC. The van der Waals surface area contributed by atoms with Crippen molar-refractivity contribution in [1.29, 1.82) is 0 Å². The number of aliphatic hydroxyl groups excluding tert-OH is 1. The van der Waals surface area contributed by atoms with Gasteiger partial charge in [-0.15, -0.1) is 0 Å². The Morgan fingerprint density at radius 3 is 0.704 bits per heavy atom. The van der Waals surface area contributed by atoms with E-state index >= 15 is 0 Å². The number of aliphatic hydroxyl groups is 1. The summed E-state index contributed by atoms with van der Waals surface area (Å²) >= 11 is 0. The van der Waals surface area contributed by atoms with E-state index in [1.807, 2.05) is 0 Å². The number of ether oxygens (including phenoxy) is 4. The summed E-state index contributed by atoms with van der Waals surface area (Å²) in [7, 11) is -9.93. The van der Waals surface area contributed by atoms with Crippen LogP contribution in [-0.4, -0.2) is 96.7 Å². The molecule has 0 rings (SSSR count). The lowest BCUT2D eigenvalue weighted by Crippen LogP contribution is -2.30. The molecule has 0 spiro atoms. The van der Waals surface area contributed by atoms with Crippen molar-refractivity contribution in [3.63, 3.8) is 0 Å². The fourth-order valence-corrected chi connectivity index (χ4v) is 15.5. The Hall–Kier alpha value is -1.94. The van der Waals surface area contributed by atoms with Crippen molar-refractivity contribution in [1.82, 2.24) is 0 Å². The molecule has 108 heavy (non-hydrogen) atoms. The molecule has 0 aromatic rings. The van der Waals surface area contributed by atoms with Crippen molar-refractivity contribution in [2.24, 2.45) is 11.8 Å². The topological polar surface area (TPSA) is 237 Å². The van der Waals surface area contributed by atoms with Gasteiger partial charge in [0, 0.05) is 25.7 Å². The van der Waals surface area contributed by atoms with Crippen LogP contribution in [0.2, 0.25) is 0 Å². The van der Waals surface area contributed by atoms with Crippen LogP contribution < -0.4 is 0 Å². The number of rotatable bonds is 88. The molecule has 0 aliphatic heterocycles. The van der Waals surface area contributed by atoms with E-state index in [1.165, 1.54) is 289 Å². The van der Waals surface area contributed by atoms with Crippen LogP contribution in [0.25, 0.3) is 0 Å². The standard InChI is InChI=1S/C89H174O17P2/c1-7-10-12-14-16-18-20-22-24-26-27-28-29-30-32-38-42-46-50-54-62-67-73-88(93)105-84(77-99-86(91)71-65-59-52-48-44-40-36-34-33-35-39-43-47-51-57-63-69-81(4)5)79-103-107(95,96)101-75-83(90)76-102-108(97,98)104-80-85(78-100-87(92)72-66-60-56-55-58-64-70-82(6)9-3)106-89(94)74-68-61-53-49-45-41-37-31-25-23-21-19-17-15-13-11-8-2/h81-85,90H,7-80H2,1-6H3,(H,95,96)(H,97,98)/t82?,83-,84-,85-/m1/s1. The lowest BCUT2D eigenvalue weighted by molar-refractivity contribution is -0.161. The fourth-order valence-electron chi connectivity index (χ4n) is 13.9. The van der Waals surface area contributed by atoms with Gasteiger partial charge in [-0.2, -0.15) is 0 Å². The van der Waals surface area contributed by atoms with Crippen molar-refractivity contribution >= 4 is 39.5 Å². The summed E-state index contributed by atoms with van der Waals surface area (Å²) in [5, 5.41) is 10.7. The maximum atomic E-state index is 13.2. The van der Waals surface area contributed by atoms with Gasteiger partial charge in [0.05, 0.1) is 26.4 Å². The van der Waals surface area contributed by atoms with Gasteiger partial charge in [-0.3, -0.25) is 37.3 Å². The second-order valence-corrected chi connectivity index (χ2v) is 35.6. The number of hydrogen-bond donors (Lipinski definition) is 3. The molecule has 0 aliphatic carbocycles.